The summed E-state index contributed by atoms with van der Waals surface area (Å²) in [6, 6.07) is 5.76. The molecule has 0 bridgehead atoms. The number of hydrogen-bond acceptors (Lipinski definition) is 6. The minimum Gasteiger partial charge on any atom is -0.490 e. The lowest BCUT2D eigenvalue weighted by Crippen LogP contribution is -2.27. The number of aromatic nitrogens is 2. The van der Waals surface area contributed by atoms with Crippen LogP contribution in [0.2, 0.25) is 0 Å². The Morgan fingerprint density at radius 1 is 1.12 bits per heavy atom. The van der Waals surface area contributed by atoms with Crippen molar-refractivity contribution in [1.82, 2.24) is 15.3 Å². The fourth-order valence-electron chi connectivity index (χ4n) is 2.18. The topological polar surface area (TPSA) is 99.4 Å². The molecule has 0 aliphatic carbocycles. The predicted molar refractivity (Wildman–Crippen MR) is 91.3 cm³/mol. The summed E-state index contributed by atoms with van der Waals surface area (Å²) < 4.78 is 11.1. The van der Waals surface area contributed by atoms with Crippen LogP contribution < -0.4 is 20.5 Å². The molecule has 0 spiro atoms. The third-order valence-corrected chi connectivity index (χ3v) is 3.25. The van der Waals surface area contributed by atoms with Gasteiger partial charge in [0.1, 0.15) is 0 Å². The first-order valence-electron chi connectivity index (χ1n) is 7.88. The highest BCUT2D eigenvalue weighted by Gasteiger charge is 2.11. The highest BCUT2D eigenvalue weighted by molar-refractivity contribution is 5.96. The Kier molecular flexibility index (Phi) is 6.36. The fraction of sp³-hybridized carbons (Fsp3) is 0.353. The van der Waals surface area contributed by atoms with Gasteiger partial charge in [-0.3, -0.25) is 4.79 Å². The number of benzene rings is 1. The van der Waals surface area contributed by atoms with E-state index in [1.807, 2.05) is 32.0 Å². The molecule has 24 heavy (non-hydrogen) atoms. The number of nitrogens with one attached hydrogen (secondary N) is 1. The number of nitrogen functional groups attached to an aromatic ring is 1. The minimum atomic E-state index is -0.337. The van der Waals surface area contributed by atoms with Gasteiger partial charge in [0, 0.05) is 18.9 Å². The van der Waals surface area contributed by atoms with Crippen molar-refractivity contribution in [2.75, 3.05) is 25.5 Å². The molecule has 0 aliphatic heterocycles. The Balaban J connectivity index is 1.95. The summed E-state index contributed by atoms with van der Waals surface area (Å²) >= 11 is 0. The molecule has 0 radical (unpaired) electrons. The molecule has 1 aromatic carbocycles. The third kappa shape index (κ3) is 4.58. The molecule has 1 amide bonds. The summed E-state index contributed by atoms with van der Waals surface area (Å²) in [4.78, 5) is 19.8. The van der Waals surface area contributed by atoms with Gasteiger partial charge in [0.05, 0.1) is 13.2 Å². The first-order valence-corrected chi connectivity index (χ1v) is 7.88. The van der Waals surface area contributed by atoms with Gasteiger partial charge in [-0.1, -0.05) is 6.07 Å². The van der Waals surface area contributed by atoms with E-state index in [1.165, 1.54) is 12.4 Å². The van der Waals surface area contributed by atoms with Gasteiger partial charge >= 0.3 is 0 Å². The Bertz CT molecular complexity index is 691. The lowest BCUT2D eigenvalue weighted by molar-refractivity contribution is 0.0950. The maximum Gasteiger partial charge on any atom is 0.273 e. The van der Waals surface area contributed by atoms with E-state index in [-0.39, 0.29) is 17.4 Å². The van der Waals surface area contributed by atoms with Gasteiger partial charge in [-0.05, 0) is 38.0 Å². The molecule has 0 fully saturated rings. The zero-order chi connectivity index (χ0) is 17.4. The monoisotopic (exact) mass is 330 g/mol. The fourth-order valence-corrected chi connectivity index (χ4v) is 2.18. The van der Waals surface area contributed by atoms with E-state index in [4.69, 9.17) is 15.2 Å². The lowest BCUT2D eigenvalue weighted by atomic mass is 10.1. The highest BCUT2D eigenvalue weighted by Crippen LogP contribution is 2.28. The van der Waals surface area contributed by atoms with Crippen LogP contribution in [0.1, 0.15) is 29.9 Å². The summed E-state index contributed by atoms with van der Waals surface area (Å²) in [5.74, 6) is 1.21. The minimum absolute atomic E-state index is 0.120. The Hall–Kier alpha value is -2.83. The van der Waals surface area contributed by atoms with Gasteiger partial charge in [-0.2, -0.15) is 0 Å². The van der Waals surface area contributed by atoms with Crippen molar-refractivity contribution in [3.05, 3.63) is 41.9 Å². The van der Waals surface area contributed by atoms with E-state index in [9.17, 15) is 4.79 Å². The smallest absolute Gasteiger partial charge is 0.273 e. The summed E-state index contributed by atoms with van der Waals surface area (Å²) in [6.07, 6.45) is 3.53. The highest BCUT2D eigenvalue weighted by atomic mass is 16.5. The summed E-state index contributed by atoms with van der Waals surface area (Å²) in [7, 11) is 0. The van der Waals surface area contributed by atoms with Gasteiger partial charge in [0.2, 0.25) is 0 Å². The van der Waals surface area contributed by atoms with Crippen molar-refractivity contribution in [3.63, 3.8) is 0 Å². The van der Waals surface area contributed by atoms with Gasteiger partial charge in [0.15, 0.2) is 23.0 Å². The second-order valence-corrected chi connectivity index (χ2v) is 4.94. The van der Waals surface area contributed by atoms with Gasteiger partial charge in [0.25, 0.3) is 5.91 Å². The van der Waals surface area contributed by atoms with Crippen LogP contribution >= 0.6 is 0 Å². The molecular weight excluding hydrogens is 308 g/mol. The average molecular weight is 330 g/mol. The zero-order valence-electron chi connectivity index (χ0n) is 13.9. The maximum atomic E-state index is 12.0. The Morgan fingerprint density at radius 3 is 2.54 bits per heavy atom. The molecule has 0 saturated carbocycles. The molecule has 2 aromatic rings. The summed E-state index contributed by atoms with van der Waals surface area (Å²) in [6.45, 7) is 5.45. The van der Waals surface area contributed by atoms with Crippen LogP contribution in [0, 0.1) is 0 Å². The van der Waals surface area contributed by atoms with E-state index in [0.29, 0.717) is 31.9 Å². The van der Waals surface area contributed by atoms with Crippen LogP contribution in [0.5, 0.6) is 11.5 Å². The average Bonchev–Trinajstić information content (AvgIpc) is 2.58. The number of ether oxygens (including phenoxy) is 2. The molecule has 2 rings (SSSR count). The number of rotatable bonds is 8. The van der Waals surface area contributed by atoms with Crippen molar-refractivity contribution in [3.8, 4) is 11.5 Å². The molecule has 7 heteroatoms. The van der Waals surface area contributed by atoms with Crippen molar-refractivity contribution in [1.29, 1.82) is 0 Å². The van der Waals surface area contributed by atoms with Crippen LogP contribution in [0.15, 0.2) is 30.6 Å². The number of carbonyl (C=O) groups is 1. The number of anilines is 1. The molecular formula is C17H22N4O3. The molecule has 1 heterocycles. The van der Waals surface area contributed by atoms with Crippen LogP contribution in [-0.4, -0.2) is 35.6 Å². The van der Waals surface area contributed by atoms with Crippen LogP contribution in [0.3, 0.4) is 0 Å². The van der Waals surface area contributed by atoms with E-state index in [0.717, 1.165) is 11.3 Å². The van der Waals surface area contributed by atoms with E-state index >= 15 is 0 Å². The van der Waals surface area contributed by atoms with Crippen molar-refractivity contribution >= 4 is 11.7 Å². The predicted octanol–water partition coefficient (Wildman–Crippen LogP) is 1.83. The molecule has 128 valence electrons. The molecule has 1 aromatic heterocycles. The number of amides is 1. The van der Waals surface area contributed by atoms with Crippen LogP contribution in [0.4, 0.5) is 5.82 Å². The second-order valence-electron chi connectivity index (χ2n) is 4.94. The molecule has 0 saturated heterocycles. The first-order chi connectivity index (χ1) is 11.7. The number of hydrogen-bond donors (Lipinski definition) is 2. The standard InChI is InChI=1S/C17H22N4O3/c1-3-23-13-6-5-12(11-14(13)24-4-2)7-8-21-17(22)15-16(18)20-10-9-19-15/h5-6,9-11H,3-4,7-8H2,1-2H3,(H2,18,20)(H,21,22). The van der Waals surface area contributed by atoms with Crippen molar-refractivity contribution in [2.24, 2.45) is 0 Å². The maximum absolute atomic E-state index is 12.0. The normalized spacial score (nSPS) is 10.2. The molecule has 7 nitrogen and oxygen atoms in total. The second kappa shape index (κ2) is 8.71. The summed E-state index contributed by atoms with van der Waals surface area (Å²) in [5, 5.41) is 2.79. The quantitative estimate of drug-likeness (QED) is 0.766. The SMILES string of the molecule is CCOc1ccc(CCNC(=O)c2nccnc2N)cc1OCC. The molecule has 0 aliphatic rings. The van der Waals surface area contributed by atoms with Gasteiger partial charge in [-0.15, -0.1) is 0 Å². The molecule has 3 N–H and O–H groups in total. The summed E-state index contributed by atoms with van der Waals surface area (Å²) in [5.41, 5.74) is 6.81. The van der Waals surface area contributed by atoms with Crippen molar-refractivity contribution in [2.45, 2.75) is 20.3 Å². The number of nitrogens with zero attached hydrogens (tertiary/aromatic N) is 2. The zero-order valence-corrected chi connectivity index (χ0v) is 13.9. The number of nitrogens with two attached hydrogens (primary N) is 1. The number of carbonyl (C=O) groups excluding carboxylic acids is 1. The lowest BCUT2D eigenvalue weighted by Gasteiger charge is -2.12. The third-order valence-electron chi connectivity index (χ3n) is 3.25. The van der Waals surface area contributed by atoms with Gasteiger partial charge in [-0.25, -0.2) is 9.97 Å². The largest absolute Gasteiger partial charge is 0.490 e. The van der Waals surface area contributed by atoms with Crippen LogP contribution in [0.25, 0.3) is 0 Å². The van der Waals surface area contributed by atoms with Gasteiger partial charge < -0.3 is 20.5 Å². The van der Waals surface area contributed by atoms with Crippen LogP contribution in [-0.2, 0) is 6.42 Å². The van der Waals surface area contributed by atoms with E-state index in [1.54, 1.807) is 0 Å². The Morgan fingerprint density at radius 2 is 1.83 bits per heavy atom. The van der Waals surface area contributed by atoms with E-state index < -0.39 is 0 Å². The molecule has 0 unspecified atom stereocenters. The molecule has 0 atom stereocenters. The Labute approximate surface area is 141 Å². The first kappa shape index (κ1) is 17.5. The van der Waals surface area contributed by atoms with E-state index in [2.05, 4.69) is 15.3 Å². The van der Waals surface area contributed by atoms with Crippen molar-refractivity contribution < 1.29 is 14.3 Å².